The van der Waals surface area contributed by atoms with Crippen LogP contribution in [0.25, 0.3) is 0 Å². The highest BCUT2D eigenvalue weighted by atomic mass is 19.1. The number of rotatable bonds is 2. The van der Waals surface area contributed by atoms with Gasteiger partial charge in [0.15, 0.2) is 0 Å². The van der Waals surface area contributed by atoms with E-state index in [4.69, 9.17) is 0 Å². The topological polar surface area (TPSA) is 37.4 Å². The van der Waals surface area contributed by atoms with Crippen LogP contribution in [0.5, 0.6) is 0 Å². The Balaban J connectivity index is 2.02. The molecule has 3 nitrogen and oxygen atoms in total. The third kappa shape index (κ3) is 2.18. The van der Waals surface area contributed by atoms with Gasteiger partial charge in [0.1, 0.15) is 17.5 Å². The summed E-state index contributed by atoms with van der Waals surface area (Å²) in [6.45, 7) is -0.271. The summed E-state index contributed by atoms with van der Waals surface area (Å²) < 4.78 is 39.8. The van der Waals surface area contributed by atoms with Crippen LogP contribution in [-0.2, 0) is 11.3 Å². The van der Waals surface area contributed by atoms with E-state index in [0.29, 0.717) is 6.07 Å². The van der Waals surface area contributed by atoms with Crippen molar-refractivity contribution in [2.75, 3.05) is 4.90 Å². The molecule has 21 heavy (non-hydrogen) atoms. The van der Waals surface area contributed by atoms with Crippen molar-refractivity contribution < 1.29 is 22.8 Å². The largest absolute Gasteiger partial charge is 0.300 e. The average molecular weight is 291 g/mol. The molecule has 3 rings (SSSR count). The molecule has 2 aromatic rings. The lowest BCUT2D eigenvalue weighted by Crippen LogP contribution is -2.29. The van der Waals surface area contributed by atoms with E-state index in [9.17, 15) is 22.8 Å². The van der Waals surface area contributed by atoms with Crippen molar-refractivity contribution >= 4 is 17.4 Å². The number of anilines is 1. The fourth-order valence-electron chi connectivity index (χ4n) is 2.24. The Morgan fingerprint density at radius 2 is 1.57 bits per heavy atom. The molecule has 0 spiro atoms. The fourth-order valence-corrected chi connectivity index (χ4v) is 2.24. The van der Waals surface area contributed by atoms with E-state index in [1.807, 2.05) is 0 Å². The van der Waals surface area contributed by atoms with Crippen LogP contribution < -0.4 is 4.90 Å². The number of nitrogens with zero attached hydrogens (tertiary/aromatic N) is 1. The third-order valence-corrected chi connectivity index (χ3v) is 3.28. The van der Waals surface area contributed by atoms with E-state index < -0.39 is 29.1 Å². The number of amides is 1. The molecule has 0 aliphatic carbocycles. The number of fused-ring (bicyclic) bond motifs is 1. The maximum atomic E-state index is 13.6. The molecule has 2 aromatic carbocycles. The first kappa shape index (κ1) is 13.4. The Morgan fingerprint density at radius 1 is 0.905 bits per heavy atom. The van der Waals surface area contributed by atoms with E-state index in [2.05, 4.69) is 0 Å². The zero-order chi connectivity index (χ0) is 15.1. The molecule has 0 N–H and O–H groups in total. The minimum absolute atomic E-state index is 0.0367. The van der Waals surface area contributed by atoms with Gasteiger partial charge in [-0.1, -0.05) is 6.07 Å². The second-order valence-electron chi connectivity index (χ2n) is 4.62. The Labute approximate surface area is 117 Å². The highest BCUT2D eigenvalue weighted by Gasteiger charge is 2.36. The molecule has 0 radical (unpaired) electrons. The van der Waals surface area contributed by atoms with Crippen LogP contribution >= 0.6 is 0 Å². The molecule has 106 valence electrons. The van der Waals surface area contributed by atoms with Crippen molar-refractivity contribution in [3.63, 3.8) is 0 Å². The standard InChI is InChI=1S/C15H8F3NO2/c16-9-2-1-8(12(18)5-9)7-19-13-6-10(17)3-4-11(13)14(20)15(19)21/h1-6H,7H2. The van der Waals surface area contributed by atoms with Gasteiger partial charge in [-0.05, 0) is 24.3 Å². The van der Waals surface area contributed by atoms with Gasteiger partial charge >= 0.3 is 0 Å². The van der Waals surface area contributed by atoms with Crippen LogP contribution in [0.1, 0.15) is 15.9 Å². The first-order chi connectivity index (χ1) is 9.97. The van der Waals surface area contributed by atoms with Crippen LogP contribution in [0.3, 0.4) is 0 Å². The van der Waals surface area contributed by atoms with Crippen LogP contribution in [0.2, 0.25) is 0 Å². The first-order valence-electron chi connectivity index (χ1n) is 6.07. The molecule has 1 amide bonds. The molecule has 0 saturated heterocycles. The lowest BCUT2D eigenvalue weighted by molar-refractivity contribution is -0.114. The van der Waals surface area contributed by atoms with Gasteiger partial charge in [-0.15, -0.1) is 0 Å². The molecule has 0 bridgehead atoms. The van der Waals surface area contributed by atoms with Crippen molar-refractivity contribution in [1.82, 2.24) is 0 Å². The summed E-state index contributed by atoms with van der Waals surface area (Å²) in [5.41, 5.74) is 0.201. The summed E-state index contributed by atoms with van der Waals surface area (Å²) in [4.78, 5) is 24.7. The fraction of sp³-hybridized carbons (Fsp3) is 0.0667. The van der Waals surface area contributed by atoms with Gasteiger partial charge in [-0.3, -0.25) is 9.59 Å². The van der Waals surface area contributed by atoms with Crippen LogP contribution in [0.15, 0.2) is 36.4 Å². The second kappa shape index (κ2) is 4.73. The molecule has 1 aliphatic heterocycles. The predicted molar refractivity (Wildman–Crippen MR) is 68.3 cm³/mol. The number of hydrogen-bond donors (Lipinski definition) is 0. The van der Waals surface area contributed by atoms with Gasteiger partial charge in [-0.25, -0.2) is 13.2 Å². The Kier molecular flexibility index (Phi) is 3.01. The van der Waals surface area contributed by atoms with E-state index in [1.165, 1.54) is 12.1 Å². The molecule has 0 atom stereocenters. The maximum Gasteiger partial charge on any atom is 0.299 e. The van der Waals surface area contributed by atoms with Crippen molar-refractivity contribution in [2.45, 2.75) is 6.54 Å². The summed E-state index contributed by atoms with van der Waals surface area (Å²) in [5.74, 6) is -3.82. The molecule has 0 saturated carbocycles. The maximum absolute atomic E-state index is 13.6. The number of Topliss-reactive ketones (excluding diaryl/α,β-unsaturated/α-hetero) is 1. The lowest BCUT2D eigenvalue weighted by Gasteiger charge is -2.17. The van der Waals surface area contributed by atoms with Gasteiger partial charge in [-0.2, -0.15) is 0 Å². The summed E-state index contributed by atoms with van der Waals surface area (Å²) >= 11 is 0. The zero-order valence-electron chi connectivity index (χ0n) is 10.6. The number of halogens is 3. The molecule has 0 unspecified atom stereocenters. The van der Waals surface area contributed by atoms with E-state index >= 15 is 0 Å². The van der Waals surface area contributed by atoms with Gasteiger partial charge in [0.05, 0.1) is 17.8 Å². The number of carbonyl (C=O) groups excluding carboxylic acids is 2. The predicted octanol–water partition coefficient (Wildman–Crippen LogP) is 2.83. The first-order valence-corrected chi connectivity index (χ1v) is 6.07. The van der Waals surface area contributed by atoms with Crippen LogP contribution in [0, 0.1) is 17.5 Å². The van der Waals surface area contributed by atoms with E-state index in [-0.39, 0.29) is 23.4 Å². The molecule has 1 aliphatic rings. The van der Waals surface area contributed by atoms with E-state index in [0.717, 1.165) is 23.1 Å². The molecule has 1 heterocycles. The van der Waals surface area contributed by atoms with E-state index in [1.54, 1.807) is 0 Å². The minimum Gasteiger partial charge on any atom is -0.300 e. The second-order valence-corrected chi connectivity index (χ2v) is 4.62. The van der Waals surface area contributed by atoms with Crippen molar-refractivity contribution in [2.24, 2.45) is 0 Å². The number of ketones is 1. The summed E-state index contributed by atoms with van der Waals surface area (Å²) in [6.07, 6.45) is 0. The summed E-state index contributed by atoms with van der Waals surface area (Å²) in [5, 5.41) is 0. The Hall–Kier alpha value is -2.63. The molecular weight excluding hydrogens is 283 g/mol. The average Bonchev–Trinajstić information content (AvgIpc) is 2.66. The smallest absolute Gasteiger partial charge is 0.299 e. The van der Waals surface area contributed by atoms with Gasteiger partial charge in [0.2, 0.25) is 0 Å². The van der Waals surface area contributed by atoms with Crippen LogP contribution in [-0.4, -0.2) is 11.7 Å². The van der Waals surface area contributed by atoms with Crippen LogP contribution in [0.4, 0.5) is 18.9 Å². The normalized spacial score (nSPS) is 13.8. The lowest BCUT2D eigenvalue weighted by atomic mass is 10.1. The SMILES string of the molecule is O=C1C(=O)N(Cc2ccc(F)cc2F)c2cc(F)ccc21. The molecule has 0 fully saturated rings. The molecule has 6 heteroatoms. The monoisotopic (exact) mass is 291 g/mol. The molecular formula is C15H8F3NO2. The Bertz CT molecular complexity index is 774. The zero-order valence-corrected chi connectivity index (χ0v) is 10.6. The molecule has 0 aromatic heterocycles. The number of carbonyl (C=O) groups is 2. The number of benzene rings is 2. The van der Waals surface area contributed by atoms with Gasteiger partial charge in [0.25, 0.3) is 11.7 Å². The minimum atomic E-state index is -0.862. The van der Waals surface area contributed by atoms with Crippen molar-refractivity contribution in [3.8, 4) is 0 Å². The van der Waals surface area contributed by atoms with Gasteiger partial charge < -0.3 is 4.90 Å². The quantitative estimate of drug-likeness (QED) is 0.798. The van der Waals surface area contributed by atoms with Crippen molar-refractivity contribution in [3.05, 3.63) is 65.0 Å². The van der Waals surface area contributed by atoms with Gasteiger partial charge in [0, 0.05) is 11.6 Å². The summed E-state index contributed by atoms with van der Waals surface area (Å²) in [7, 11) is 0. The number of hydrogen-bond acceptors (Lipinski definition) is 2. The third-order valence-electron chi connectivity index (χ3n) is 3.28. The Morgan fingerprint density at radius 3 is 2.29 bits per heavy atom. The summed E-state index contributed by atoms with van der Waals surface area (Å²) in [6, 6.07) is 6.24. The highest BCUT2D eigenvalue weighted by molar-refractivity contribution is 6.52. The highest BCUT2D eigenvalue weighted by Crippen LogP contribution is 2.31. The van der Waals surface area contributed by atoms with Crippen molar-refractivity contribution in [1.29, 1.82) is 0 Å².